The van der Waals surface area contributed by atoms with Gasteiger partial charge in [-0.3, -0.25) is 4.98 Å². The predicted octanol–water partition coefficient (Wildman–Crippen LogP) is 2.84. The molecule has 1 atom stereocenters. The highest BCUT2D eigenvalue weighted by atomic mass is 16.6. The highest BCUT2D eigenvalue weighted by Gasteiger charge is 2.35. The normalized spacial score (nSPS) is 17.1. The summed E-state index contributed by atoms with van der Waals surface area (Å²) in [5, 5.41) is 0. The van der Waals surface area contributed by atoms with E-state index >= 15 is 0 Å². The first kappa shape index (κ1) is 16.2. The molecule has 0 N–H and O–H groups in total. The molecule has 118 valence electrons. The number of ether oxygens (including phenoxy) is 2. The minimum absolute atomic E-state index is 0.0516. The van der Waals surface area contributed by atoms with Gasteiger partial charge in [0.15, 0.2) is 0 Å². The summed E-state index contributed by atoms with van der Waals surface area (Å²) in [6, 6.07) is 1.90. The first-order chi connectivity index (χ1) is 10.4. The SMILES string of the molecule is CC#Cc1cncc(OC[C@@H]2CCN2C(=O)OC(C)(C)C)c1. The molecule has 1 aliphatic rings. The number of nitrogens with zero attached hydrogens (tertiary/aromatic N) is 2. The molecule has 5 nitrogen and oxygen atoms in total. The van der Waals surface area contributed by atoms with Gasteiger partial charge in [-0.1, -0.05) is 5.92 Å². The zero-order valence-corrected chi connectivity index (χ0v) is 13.5. The maximum Gasteiger partial charge on any atom is 0.410 e. The monoisotopic (exact) mass is 302 g/mol. The van der Waals surface area contributed by atoms with E-state index in [0.717, 1.165) is 12.0 Å². The molecule has 0 saturated carbocycles. The highest BCUT2D eigenvalue weighted by molar-refractivity contribution is 5.69. The number of amides is 1. The smallest absolute Gasteiger partial charge is 0.410 e. The summed E-state index contributed by atoms with van der Waals surface area (Å²) >= 11 is 0. The van der Waals surface area contributed by atoms with Gasteiger partial charge in [0.2, 0.25) is 0 Å². The van der Waals surface area contributed by atoms with Crippen molar-refractivity contribution in [3.63, 3.8) is 0 Å². The average Bonchev–Trinajstić information content (AvgIpc) is 2.36. The van der Waals surface area contributed by atoms with Crippen molar-refractivity contribution >= 4 is 6.09 Å². The number of pyridine rings is 1. The molecule has 1 fully saturated rings. The molecule has 0 aliphatic carbocycles. The van der Waals surface area contributed by atoms with Gasteiger partial charge >= 0.3 is 6.09 Å². The van der Waals surface area contributed by atoms with E-state index in [4.69, 9.17) is 9.47 Å². The third-order valence-electron chi connectivity index (χ3n) is 3.20. The number of aromatic nitrogens is 1. The summed E-state index contributed by atoms with van der Waals surface area (Å²) in [7, 11) is 0. The van der Waals surface area contributed by atoms with Crippen LogP contribution in [0.3, 0.4) is 0 Å². The van der Waals surface area contributed by atoms with E-state index in [1.165, 1.54) is 0 Å². The topological polar surface area (TPSA) is 51.7 Å². The Hall–Kier alpha value is -2.22. The zero-order valence-electron chi connectivity index (χ0n) is 13.5. The van der Waals surface area contributed by atoms with Gasteiger partial charge < -0.3 is 14.4 Å². The Balaban J connectivity index is 1.88. The van der Waals surface area contributed by atoms with E-state index in [1.807, 2.05) is 26.8 Å². The number of hydrogen-bond acceptors (Lipinski definition) is 4. The third kappa shape index (κ3) is 4.39. The summed E-state index contributed by atoms with van der Waals surface area (Å²) in [6.07, 6.45) is 3.98. The molecular weight excluding hydrogens is 280 g/mol. The quantitative estimate of drug-likeness (QED) is 0.806. The Morgan fingerprint density at radius 1 is 1.45 bits per heavy atom. The number of rotatable bonds is 3. The van der Waals surface area contributed by atoms with E-state index in [-0.39, 0.29) is 12.1 Å². The maximum absolute atomic E-state index is 12.0. The lowest BCUT2D eigenvalue weighted by atomic mass is 10.1. The molecule has 1 aromatic rings. The van der Waals surface area contributed by atoms with Gasteiger partial charge in [0.1, 0.15) is 18.0 Å². The molecule has 0 spiro atoms. The fourth-order valence-electron chi connectivity index (χ4n) is 2.08. The van der Waals surface area contributed by atoms with E-state index in [0.29, 0.717) is 18.9 Å². The summed E-state index contributed by atoms with van der Waals surface area (Å²) < 4.78 is 11.1. The van der Waals surface area contributed by atoms with Crippen LogP contribution < -0.4 is 4.74 Å². The van der Waals surface area contributed by atoms with Crippen molar-refractivity contribution in [1.82, 2.24) is 9.88 Å². The second kappa shape index (κ2) is 6.69. The Morgan fingerprint density at radius 3 is 2.82 bits per heavy atom. The zero-order chi connectivity index (χ0) is 16.2. The second-order valence-corrected chi connectivity index (χ2v) is 6.21. The Morgan fingerprint density at radius 2 is 2.23 bits per heavy atom. The van der Waals surface area contributed by atoms with Gasteiger partial charge in [0.25, 0.3) is 0 Å². The van der Waals surface area contributed by atoms with Crippen LogP contribution in [0.15, 0.2) is 18.5 Å². The molecule has 2 rings (SSSR count). The molecule has 22 heavy (non-hydrogen) atoms. The van der Waals surface area contributed by atoms with Crippen LogP contribution in [0.4, 0.5) is 4.79 Å². The molecular formula is C17H22N2O3. The fraction of sp³-hybridized carbons (Fsp3) is 0.529. The molecule has 0 unspecified atom stereocenters. The molecule has 2 heterocycles. The largest absolute Gasteiger partial charge is 0.490 e. The summed E-state index contributed by atoms with van der Waals surface area (Å²) in [6.45, 7) is 8.51. The van der Waals surface area contributed by atoms with Crippen molar-refractivity contribution < 1.29 is 14.3 Å². The van der Waals surface area contributed by atoms with Crippen LogP contribution in [0.5, 0.6) is 5.75 Å². The van der Waals surface area contributed by atoms with Gasteiger partial charge in [-0.05, 0) is 40.2 Å². The van der Waals surface area contributed by atoms with Crippen molar-refractivity contribution in [3.8, 4) is 17.6 Å². The minimum atomic E-state index is -0.477. The van der Waals surface area contributed by atoms with E-state index in [9.17, 15) is 4.79 Å². The van der Waals surface area contributed by atoms with E-state index in [2.05, 4.69) is 16.8 Å². The minimum Gasteiger partial charge on any atom is -0.490 e. The average molecular weight is 302 g/mol. The van der Waals surface area contributed by atoms with Gasteiger partial charge in [0, 0.05) is 18.3 Å². The molecule has 5 heteroatoms. The van der Waals surface area contributed by atoms with Crippen molar-refractivity contribution in [1.29, 1.82) is 0 Å². The maximum atomic E-state index is 12.0. The van der Waals surface area contributed by atoms with Gasteiger partial charge in [0.05, 0.1) is 12.2 Å². The van der Waals surface area contributed by atoms with Crippen LogP contribution in [-0.4, -0.2) is 40.8 Å². The van der Waals surface area contributed by atoms with Crippen LogP contribution in [0.1, 0.15) is 39.7 Å². The lowest BCUT2D eigenvalue weighted by Crippen LogP contribution is -2.55. The van der Waals surface area contributed by atoms with Crippen LogP contribution >= 0.6 is 0 Å². The predicted molar refractivity (Wildman–Crippen MR) is 83.6 cm³/mol. The van der Waals surface area contributed by atoms with Gasteiger partial charge in [-0.2, -0.15) is 0 Å². The van der Waals surface area contributed by atoms with E-state index < -0.39 is 5.60 Å². The molecule has 0 radical (unpaired) electrons. The molecule has 1 saturated heterocycles. The van der Waals surface area contributed by atoms with Crippen molar-refractivity contribution in [2.75, 3.05) is 13.2 Å². The van der Waals surface area contributed by atoms with Crippen molar-refractivity contribution in [2.24, 2.45) is 0 Å². The van der Waals surface area contributed by atoms with Gasteiger partial charge in [-0.15, -0.1) is 5.92 Å². The Kier molecular flexibility index (Phi) is 4.92. The number of carbonyl (C=O) groups is 1. The highest BCUT2D eigenvalue weighted by Crippen LogP contribution is 2.22. The number of hydrogen-bond donors (Lipinski definition) is 0. The molecule has 0 bridgehead atoms. The first-order valence-electron chi connectivity index (χ1n) is 7.39. The van der Waals surface area contributed by atoms with Crippen molar-refractivity contribution in [3.05, 3.63) is 24.0 Å². The van der Waals surface area contributed by atoms with Crippen LogP contribution in [0.25, 0.3) is 0 Å². The summed E-state index contributed by atoms with van der Waals surface area (Å²) in [5.74, 6) is 6.43. The summed E-state index contributed by atoms with van der Waals surface area (Å²) in [4.78, 5) is 17.8. The molecule has 0 aromatic carbocycles. The molecule has 1 amide bonds. The number of likely N-dealkylation sites (tertiary alicyclic amines) is 1. The van der Waals surface area contributed by atoms with Crippen LogP contribution in [0.2, 0.25) is 0 Å². The lowest BCUT2D eigenvalue weighted by molar-refractivity contribution is -0.0141. The molecule has 1 aromatic heterocycles. The fourth-order valence-corrected chi connectivity index (χ4v) is 2.08. The first-order valence-corrected chi connectivity index (χ1v) is 7.39. The van der Waals surface area contributed by atoms with Crippen LogP contribution in [0, 0.1) is 11.8 Å². The van der Waals surface area contributed by atoms with E-state index in [1.54, 1.807) is 24.2 Å². The van der Waals surface area contributed by atoms with Gasteiger partial charge in [-0.25, -0.2) is 4.79 Å². The van der Waals surface area contributed by atoms with Crippen molar-refractivity contribution in [2.45, 2.75) is 45.8 Å². The second-order valence-electron chi connectivity index (χ2n) is 6.21. The third-order valence-corrected chi connectivity index (χ3v) is 3.20. The lowest BCUT2D eigenvalue weighted by Gasteiger charge is -2.40. The standard InChI is InChI=1S/C17H22N2O3/c1-5-6-13-9-15(11-18-10-13)21-12-14-7-8-19(14)16(20)22-17(2,3)4/h9-11,14H,7-8,12H2,1-4H3/t14-/m0/s1. The Labute approximate surface area is 131 Å². The van der Waals surface area contributed by atoms with Crippen LogP contribution in [-0.2, 0) is 4.74 Å². The summed E-state index contributed by atoms with van der Waals surface area (Å²) in [5.41, 5.74) is 0.340. The number of carbonyl (C=O) groups excluding carboxylic acids is 1. The molecule has 1 aliphatic heterocycles. The Bertz CT molecular complexity index is 596.